The molecule has 0 saturated heterocycles. The monoisotopic (exact) mass is 357 g/mol. The van der Waals surface area contributed by atoms with Crippen molar-refractivity contribution in [3.8, 4) is 0 Å². The summed E-state index contributed by atoms with van der Waals surface area (Å²) < 4.78 is 0. The first-order valence-corrected chi connectivity index (χ1v) is 9.98. The molecule has 1 aliphatic heterocycles. The number of hydrogen-bond acceptors (Lipinski definition) is 4. The van der Waals surface area contributed by atoms with Crippen LogP contribution in [-0.2, 0) is 11.2 Å². The molecule has 1 amide bonds. The molecule has 0 radical (unpaired) electrons. The number of hydrogen-bond donors (Lipinski definition) is 1. The molecule has 0 saturated carbocycles. The quantitative estimate of drug-likeness (QED) is 0.860. The minimum Gasteiger partial charge on any atom is -0.328 e. The highest BCUT2D eigenvalue weighted by Gasteiger charge is 2.33. The average molecular weight is 358 g/mol. The van der Waals surface area contributed by atoms with Crippen LogP contribution < -0.4 is 5.32 Å². The molecule has 2 unspecified atom stereocenters. The fourth-order valence-corrected chi connectivity index (χ4v) is 4.20. The van der Waals surface area contributed by atoms with Gasteiger partial charge in [0.25, 0.3) is 0 Å². The van der Waals surface area contributed by atoms with Crippen LogP contribution in [0.4, 0.5) is 0 Å². The predicted octanol–water partition coefficient (Wildman–Crippen LogP) is 3.56. The second-order valence-electron chi connectivity index (χ2n) is 6.89. The lowest BCUT2D eigenvalue weighted by Gasteiger charge is -2.36. The van der Waals surface area contributed by atoms with E-state index in [9.17, 15) is 4.79 Å². The van der Waals surface area contributed by atoms with Gasteiger partial charge in [0, 0.05) is 17.1 Å². The predicted molar refractivity (Wildman–Crippen MR) is 103 cm³/mol. The third-order valence-electron chi connectivity index (χ3n) is 4.94. The Bertz CT molecular complexity index is 727. The minimum absolute atomic E-state index is 0.0622. The number of aromatic nitrogens is 1. The van der Waals surface area contributed by atoms with E-state index in [1.165, 1.54) is 10.4 Å². The van der Waals surface area contributed by atoms with Crippen molar-refractivity contribution >= 4 is 17.2 Å². The number of fused-ring (bicyclic) bond motifs is 1. The third kappa shape index (κ3) is 4.10. The number of carbonyl (C=O) groups excluding carboxylic acids is 1. The van der Waals surface area contributed by atoms with Gasteiger partial charge >= 0.3 is 0 Å². The molecule has 0 fully saturated rings. The fraction of sp³-hybridized carbons (Fsp3) is 0.500. The average Bonchev–Trinajstić information content (AvgIpc) is 3.09. The molecule has 0 aliphatic carbocycles. The Balaban J connectivity index is 1.81. The van der Waals surface area contributed by atoms with E-state index in [4.69, 9.17) is 4.98 Å². The highest BCUT2D eigenvalue weighted by atomic mass is 32.1. The van der Waals surface area contributed by atoms with E-state index in [0.717, 1.165) is 37.3 Å². The van der Waals surface area contributed by atoms with Gasteiger partial charge in [0.2, 0.25) is 5.91 Å². The molecule has 0 aromatic carbocycles. The number of pyridine rings is 1. The Labute approximate surface area is 154 Å². The van der Waals surface area contributed by atoms with Crippen molar-refractivity contribution in [1.29, 1.82) is 0 Å². The molecule has 0 spiro atoms. The Morgan fingerprint density at radius 1 is 1.44 bits per heavy atom. The summed E-state index contributed by atoms with van der Waals surface area (Å²) in [7, 11) is 0. The summed E-state index contributed by atoms with van der Waals surface area (Å²) in [6, 6.07) is 8.16. The Morgan fingerprint density at radius 3 is 3.04 bits per heavy atom. The van der Waals surface area contributed by atoms with Crippen molar-refractivity contribution in [2.24, 2.45) is 5.92 Å². The van der Waals surface area contributed by atoms with E-state index in [1.807, 2.05) is 30.0 Å². The molecular formula is C20H27N3OS. The van der Waals surface area contributed by atoms with Crippen LogP contribution in [0.25, 0.3) is 0 Å². The number of aryl methyl sites for hydroxylation is 1. The van der Waals surface area contributed by atoms with Crippen LogP contribution in [0.5, 0.6) is 0 Å². The maximum Gasteiger partial charge on any atom is 0.237 e. The van der Waals surface area contributed by atoms with E-state index in [-0.39, 0.29) is 11.9 Å². The second-order valence-corrected chi connectivity index (χ2v) is 7.89. The van der Waals surface area contributed by atoms with Gasteiger partial charge in [-0.05, 0) is 54.9 Å². The van der Waals surface area contributed by atoms with Crippen molar-refractivity contribution in [3.63, 3.8) is 0 Å². The van der Waals surface area contributed by atoms with Crippen molar-refractivity contribution in [3.05, 3.63) is 51.5 Å². The summed E-state index contributed by atoms with van der Waals surface area (Å²) in [5.74, 6) is 0.750. The van der Waals surface area contributed by atoms with Crippen LogP contribution in [-0.4, -0.2) is 35.4 Å². The van der Waals surface area contributed by atoms with Gasteiger partial charge in [0.15, 0.2) is 0 Å². The lowest BCUT2D eigenvalue weighted by molar-refractivity contribution is -0.132. The van der Waals surface area contributed by atoms with E-state index >= 15 is 0 Å². The molecule has 3 heterocycles. The first kappa shape index (κ1) is 18.1. The molecule has 4 nitrogen and oxygen atoms in total. The smallest absolute Gasteiger partial charge is 0.237 e. The van der Waals surface area contributed by atoms with Crippen molar-refractivity contribution in [1.82, 2.24) is 15.2 Å². The summed E-state index contributed by atoms with van der Waals surface area (Å²) in [6.45, 7) is 8.42. The summed E-state index contributed by atoms with van der Waals surface area (Å²) in [4.78, 5) is 21.0. The van der Waals surface area contributed by atoms with E-state index < -0.39 is 0 Å². The molecular weight excluding hydrogens is 330 g/mol. The maximum absolute atomic E-state index is 12.9. The first-order valence-electron chi connectivity index (χ1n) is 9.10. The normalized spacial score (nSPS) is 18.0. The summed E-state index contributed by atoms with van der Waals surface area (Å²) >= 11 is 1.79. The number of thiophene rings is 1. The van der Waals surface area contributed by atoms with E-state index in [2.05, 4.69) is 30.6 Å². The highest BCUT2D eigenvalue weighted by Crippen LogP contribution is 2.37. The number of carbonyl (C=O) groups is 1. The lowest BCUT2D eigenvalue weighted by Crippen LogP contribution is -2.45. The first-order chi connectivity index (χ1) is 12.1. The van der Waals surface area contributed by atoms with Gasteiger partial charge in [-0.15, -0.1) is 11.3 Å². The van der Waals surface area contributed by atoms with Crippen molar-refractivity contribution in [2.45, 2.75) is 39.7 Å². The second kappa shape index (κ2) is 8.11. The maximum atomic E-state index is 12.9. The zero-order chi connectivity index (χ0) is 17.8. The van der Waals surface area contributed by atoms with Crippen LogP contribution in [0.15, 0.2) is 29.6 Å². The molecule has 25 heavy (non-hydrogen) atoms. The molecule has 3 rings (SSSR count). The Hall–Kier alpha value is -1.72. The van der Waals surface area contributed by atoms with Gasteiger partial charge < -0.3 is 10.2 Å². The lowest BCUT2D eigenvalue weighted by atomic mass is 9.96. The fourth-order valence-electron chi connectivity index (χ4n) is 3.29. The van der Waals surface area contributed by atoms with Crippen LogP contribution in [0.1, 0.15) is 48.1 Å². The molecule has 134 valence electrons. The van der Waals surface area contributed by atoms with Gasteiger partial charge in [-0.3, -0.25) is 9.78 Å². The summed E-state index contributed by atoms with van der Waals surface area (Å²) in [5, 5.41) is 5.45. The molecule has 0 bridgehead atoms. The topological polar surface area (TPSA) is 45.2 Å². The van der Waals surface area contributed by atoms with Gasteiger partial charge in [-0.25, -0.2) is 0 Å². The number of rotatable bonds is 6. The van der Waals surface area contributed by atoms with Gasteiger partial charge in [0.1, 0.15) is 6.04 Å². The van der Waals surface area contributed by atoms with Crippen molar-refractivity contribution < 1.29 is 4.79 Å². The zero-order valence-corrected chi connectivity index (χ0v) is 16.1. The standard InChI is InChI=1S/C20H27N3OS/c1-4-14(2)12-21-13-19(24)23-10-8-18-16(9-11-25-18)20(23)17-7-5-6-15(3)22-17/h5-7,9,11,14,20-21H,4,8,10,12-13H2,1-3H3. The van der Waals surface area contributed by atoms with Crippen LogP contribution >= 0.6 is 11.3 Å². The Morgan fingerprint density at radius 2 is 2.28 bits per heavy atom. The number of nitrogens with zero attached hydrogens (tertiary/aromatic N) is 2. The van der Waals surface area contributed by atoms with Crippen LogP contribution in [0.3, 0.4) is 0 Å². The molecule has 2 atom stereocenters. The molecule has 5 heteroatoms. The van der Waals surface area contributed by atoms with E-state index in [0.29, 0.717) is 12.5 Å². The van der Waals surface area contributed by atoms with Gasteiger partial charge in [-0.2, -0.15) is 0 Å². The third-order valence-corrected chi connectivity index (χ3v) is 5.94. The molecule has 2 aromatic rings. The molecule has 2 aromatic heterocycles. The molecule has 1 N–H and O–H groups in total. The number of nitrogens with one attached hydrogen (secondary N) is 1. The SMILES string of the molecule is CCC(C)CNCC(=O)N1CCc2sccc2C1c1cccc(C)n1. The van der Waals surface area contributed by atoms with E-state index in [1.54, 1.807) is 11.3 Å². The summed E-state index contributed by atoms with van der Waals surface area (Å²) in [5.41, 5.74) is 3.20. The van der Waals surface area contributed by atoms with Gasteiger partial charge in [-0.1, -0.05) is 26.3 Å². The minimum atomic E-state index is -0.0622. The number of amides is 1. The summed E-state index contributed by atoms with van der Waals surface area (Å²) in [6.07, 6.45) is 2.06. The van der Waals surface area contributed by atoms with Crippen molar-refractivity contribution in [2.75, 3.05) is 19.6 Å². The zero-order valence-electron chi connectivity index (χ0n) is 15.3. The van der Waals surface area contributed by atoms with Gasteiger partial charge in [0.05, 0.1) is 12.2 Å². The molecule has 1 aliphatic rings. The van der Waals surface area contributed by atoms with Crippen LogP contribution in [0, 0.1) is 12.8 Å². The largest absolute Gasteiger partial charge is 0.328 e. The Kier molecular flexibility index (Phi) is 5.86. The highest BCUT2D eigenvalue weighted by molar-refractivity contribution is 7.10. The van der Waals surface area contributed by atoms with Crippen LogP contribution in [0.2, 0.25) is 0 Å².